The highest BCUT2D eigenvalue weighted by atomic mass is 35.5. The van der Waals surface area contributed by atoms with Crippen LogP contribution in [-0.2, 0) is 5.41 Å². The maximum absolute atomic E-state index is 11.5. The summed E-state index contributed by atoms with van der Waals surface area (Å²) in [5.74, 6) is 2.55. The maximum atomic E-state index is 11.5. The van der Waals surface area contributed by atoms with Crippen molar-refractivity contribution in [1.82, 2.24) is 9.97 Å². The van der Waals surface area contributed by atoms with Gasteiger partial charge in [0.1, 0.15) is 5.82 Å². The lowest BCUT2D eigenvalue weighted by Crippen LogP contribution is -2.48. The van der Waals surface area contributed by atoms with E-state index in [9.17, 15) is 9.90 Å². The van der Waals surface area contributed by atoms with Gasteiger partial charge in [0.25, 0.3) is 0 Å². The molecule has 1 heterocycles. The quantitative estimate of drug-likeness (QED) is 0.365. The van der Waals surface area contributed by atoms with Crippen molar-refractivity contribution >= 4 is 40.7 Å². The number of nitrogens with one attached hydrogen (secondary N) is 2. The minimum absolute atomic E-state index is 0.180. The summed E-state index contributed by atoms with van der Waals surface area (Å²) in [5.41, 5.74) is 3.09. The zero-order valence-electron chi connectivity index (χ0n) is 18.8. The van der Waals surface area contributed by atoms with Crippen LogP contribution < -0.4 is 10.6 Å². The number of nitrogens with zero attached hydrogens (tertiary/aromatic N) is 2. The van der Waals surface area contributed by atoms with E-state index in [1.165, 1.54) is 44.1 Å². The number of benzene rings is 2. The number of carboxylic acids is 1. The van der Waals surface area contributed by atoms with Crippen molar-refractivity contribution in [3.05, 3.63) is 70.9 Å². The number of hydrogen-bond acceptors (Lipinski definition) is 5. The molecular weight excluding hydrogens is 448 g/mol. The van der Waals surface area contributed by atoms with Crippen molar-refractivity contribution < 1.29 is 9.90 Å². The van der Waals surface area contributed by atoms with Gasteiger partial charge in [-0.25, -0.2) is 9.78 Å². The Kier molecular flexibility index (Phi) is 5.21. The molecule has 4 aliphatic rings. The zero-order chi connectivity index (χ0) is 23.3. The van der Waals surface area contributed by atoms with E-state index in [1.54, 1.807) is 36.5 Å². The Morgan fingerprint density at radius 2 is 1.65 bits per heavy atom. The molecular formula is C27H27ClN4O2. The Labute approximate surface area is 203 Å². The molecule has 6 nitrogen and oxygen atoms in total. The zero-order valence-corrected chi connectivity index (χ0v) is 19.6. The highest BCUT2D eigenvalue weighted by Crippen LogP contribution is 2.61. The molecule has 0 radical (unpaired) electrons. The average Bonchev–Trinajstić information content (AvgIpc) is 2.80. The first-order valence-corrected chi connectivity index (χ1v) is 12.3. The van der Waals surface area contributed by atoms with Crippen LogP contribution in [0.2, 0.25) is 5.02 Å². The molecule has 2 aromatic carbocycles. The number of halogens is 1. The third-order valence-electron chi connectivity index (χ3n) is 7.94. The van der Waals surface area contributed by atoms with Crippen molar-refractivity contribution in [3.8, 4) is 0 Å². The molecule has 4 saturated carbocycles. The van der Waals surface area contributed by atoms with Crippen LogP contribution in [0.3, 0.4) is 0 Å². The Morgan fingerprint density at radius 3 is 2.32 bits per heavy atom. The first kappa shape index (κ1) is 21.4. The first-order valence-electron chi connectivity index (χ1n) is 12.0. The van der Waals surface area contributed by atoms with E-state index >= 15 is 0 Å². The van der Waals surface area contributed by atoms with Crippen molar-refractivity contribution in [1.29, 1.82) is 0 Å². The molecule has 0 saturated heterocycles. The summed E-state index contributed by atoms with van der Waals surface area (Å²) >= 11 is 6.75. The van der Waals surface area contributed by atoms with Crippen molar-refractivity contribution in [2.24, 2.45) is 17.8 Å². The minimum atomic E-state index is -0.999. The van der Waals surface area contributed by atoms with Crippen LogP contribution in [0.15, 0.2) is 54.7 Å². The SMILES string of the molecule is O=C(O)c1ccccc1Nc1ccnc(Nc2ccc(C34CC5CC(CC(C5)C3)C4)cc2Cl)n1. The Bertz CT molecular complexity index is 1230. The van der Waals surface area contributed by atoms with Crippen LogP contribution in [0.25, 0.3) is 0 Å². The molecule has 0 unspecified atom stereocenters. The smallest absolute Gasteiger partial charge is 0.337 e. The Balaban J connectivity index is 1.21. The summed E-state index contributed by atoms with van der Waals surface area (Å²) in [4.78, 5) is 20.3. The van der Waals surface area contributed by atoms with Gasteiger partial charge in [0.05, 0.1) is 22.0 Å². The van der Waals surface area contributed by atoms with Gasteiger partial charge in [0.15, 0.2) is 0 Å². The summed E-state index contributed by atoms with van der Waals surface area (Å²) in [6.07, 6.45) is 9.80. The Morgan fingerprint density at radius 1 is 0.941 bits per heavy atom. The van der Waals surface area contributed by atoms with Crippen LogP contribution in [0.4, 0.5) is 23.1 Å². The van der Waals surface area contributed by atoms with Gasteiger partial charge in [-0.1, -0.05) is 29.8 Å². The molecule has 0 atom stereocenters. The van der Waals surface area contributed by atoms with Gasteiger partial charge in [0.2, 0.25) is 5.95 Å². The van der Waals surface area contributed by atoms with Gasteiger partial charge < -0.3 is 15.7 Å². The van der Waals surface area contributed by atoms with Gasteiger partial charge in [0, 0.05) is 6.20 Å². The number of carbonyl (C=O) groups is 1. The van der Waals surface area contributed by atoms with E-state index in [2.05, 4.69) is 32.7 Å². The molecule has 4 fully saturated rings. The number of aromatic carboxylic acids is 1. The van der Waals surface area contributed by atoms with E-state index in [4.69, 9.17) is 11.6 Å². The molecule has 1 aromatic heterocycles. The molecule has 34 heavy (non-hydrogen) atoms. The van der Waals surface area contributed by atoms with Crippen molar-refractivity contribution in [2.45, 2.75) is 43.9 Å². The molecule has 0 aliphatic heterocycles. The van der Waals surface area contributed by atoms with Gasteiger partial charge in [-0.15, -0.1) is 0 Å². The van der Waals surface area contributed by atoms with Crippen LogP contribution in [0, 0.1) is 17.8 Å². The molecule has 0 spiro atoms. The normalized spacial score (nSPS) is 26.9. The second kappa shape index (κ2) is 8.27. The number of aromatic nitrogens is 2. The lowest BCUT2D eigenvalue weighted by molar-refractivity contribution is -0.00518. The molecule has 7 heteroatoms. The van der Waals surface area contributed by atoms with Gasteiger partial charge in [-0.2, -0.15) is 4.98 Å². The number of para-hydroxylation sites is 1. The van der Waals surface area contributed by atoms with E-state index in [-0.39, 0.29) is 5.56 Å². The molecule has 174 valence electrons. The number of anilines is 4. The predicted molar refractivity (Wildman–Crippen MR) is 133 cm³/mol. The predicted octanol–water partition coefficient (Wildman–Crippen LogP) is 6.78. The van der Waals surface area contributed by atoms with E-state index < -0.39 is 5.97 Å². The standard InChI is InChI=1S/C27H27ClN4O2/c28-21-12-19(27-13-16-9-17(14-27)11-18(10-16)15-27)5-6-23(21)31-26-29-8-7-24(32-26)30-22-4-2-1-3-20(22)25(33)34/h1-8,12,16-18H,9-11,13-15H2,(H,33,34)(H2,29,30,31,32). The molecule has 7 rings (SSSR count). The van der Waals surface area contributed by atoms with Gasteiger partial charge >= 0.3 is 5.97 Å². The fourth-order valence-electron chi connectivity index (χ4n) is 6.94. The van der Waals surface area contributed by atoms with Crippen LogP contribution >= 0.6 is 11.6 Å². The first-order chi connectivity index (χ1) is 16.5. The maximum Gasteiger partial charge on any atom is 0.337 e. The topological polar surface area (TPSA) is 87.1 Å². The summed E-state index contributed by atoms with van der Waals surface area (Å²) < 4.78 is 0. The third-order valence-corrected chi connectivity index (χ3v) is 8.25. The van der Waals surface area contributed by atoms with E-state index in [0.29, 0.717) is 27.9 Å². The van der Waals surface area contributed by atoms with E-state index in [0.717, 1.165) is 23.4 Å². The molecule has 4 bridgehead atoms. The average molecular weight is 475 g/mol. The number of carboxylic acid groups (broad SMARTS) is 1. The van der Waals surface area contributed by atoms with Crippen LogP contribution in [0.1, 0.15) is 54.4 Å². The summed E-state index contributed by atoms with van der Waals surface area (Å²) in [6.45, 7) is 0. The molecule has 3 N–H and O–H groups in total. The molecule has 4 aliphatic carbocycles. The largest absolute Gasteiger partial charge is 0.478 e. The fourth-order valence-corrected chi connectivity index (χ4v) is 7.16. The monoisotopic (exact) mass is 474 g/mol. The summed E-state index contributed by atoms with van der Waals surface area (Å²) in [5, 5.41) is 16.4. The van der Waals surface area contributed by atoms with Crippen molar-refractivity contribution in [2.75, 3.05) is 10.6 Å². The lowest BCUT2D eigenvalue weighted by atomic mass is 9.48. The van der Waals surface area contributed by atoms with Gasteiger partial charge in [-0.3, -0.25) is 0 Å². The highest BCUT2D eigenvalue weighted by molar-refractivity contribution is 6.33. The van der Waals surface area contributed by atoms with Crippen molar-refractivity contribution in [3.63, 3.8) is 0 Å². The van der Waals surface area contributed by atoms with Crippen LogP contribution in [0.5, 0.6) is 0 Å². The summed E-state index contributed by atoms with van der Waals surface area (Å²) in [6, 6.07) is 14.8. The van der Waals surface area contributed by atoms with E-state index in [1.807, 2.05) is 6.07 Å². The minimum Gasteiger partial charge on any atom is -0.478 e. The summed E-state index contributed by atoms with van der Waals surface area (Å²) in [7, 11) is 0. The highest BCUT2D eigenvalue weighted by Gasteiger charge is 2.51. The molecule has 3 aromatic rings. The van der Waals surface area contributed by atoms with Gasteiger partial charge in [-0.05, 0) is 97.6 Å². The Hall–Kier alpha value is -3.12. The number of hydrogen-bond donors (Lipinski definition) is 3. The lowest BCUT2D eigenvalue weighted by Gasteiger charge is -2.57. The molecule has 0 amide bonds. The van der Waals surface area contributed by atoms with Crippen LogP contribution in [-0.4, -0.2) is 21.0 Å². The second-order valence-corrected chi connectivity index (χ2v) is 10.7. The number of rotatable bonds is 6. The third kappa shape index (κ3) is 3.90. The fraction of sp³-hybridized carbons (Fsp3) is 0.370. The second-order valence-electron chi connectivity index (χ2n) is 10.3.